The molecule has 1 fully saturated rings. The summed E-state index contributed by atoms with van der Waals surface area (Å²) in [7, 11) is 1.27. The van der Waals surface area contributed by atoms with Crippen molar-refractivity contribution in [1.82, 2.24) is 15.1 Å². The zero-order chi connectivity index (χ0) is 29.1. The third kappa shape index (κ3) is 7.54. The Kier molecular flexibility index (Phi) is 9.01. The monoisotopic (exact) mass is 563 g/mol. The summed E-state index contributed by atoms with van der Waals surface area (Å²) in [6.07, 6.45) is -10.1. The molecule has 2 aromatic carbocycles. The number of ether oxygens (including phenoxy) is 1. The highest BCUT2D eigenvalue weighted by Gasteiger charge is 2.38. The van der Waals surface area contributed by atoms with Gasteiger partial charge in [0.05, 0.1) is 23.8 Å². The number of hydrogen-bond donors (Lipinski definition) is 1. The van der Waals surface area contributed by atoms with Gasteiger partial charge in [0, 0.05) is 26.2 Å². The van der Waals surface area contributed by atoms with E-state index >= 15 is 0 Å². The number of alkyl halides is 6. The molecule has 39 heavy (non-hydrogen) atoms. The first-order valence-corrected chi connectivity index (χ1v) is 12.1. The number of likely N-dealkylation sites (tertiary alicyclic amines) is 1. The van der Waals surface area contributed by atoms with Gasteiger partial charge in [0.1, 0.15) is 5.82 Å². The molecule has 13 heteroatoms. The van der Waals surface area contributed by atoms with E-state index in [1.165, 1.54) is 30.1 Å². The van der Waals surface area contributed by atoms with Crippen LogP contribution in [0.15, 0.2) is 36.4 Å². The maximum Gasteiger partial charge on any atom is 0.416 e. The van der Waals surface area contributed by atoms with Gasteiger partial charge in [-0.3, -0.25) is 0 Å². The van der Waals surface area contributed by atoms with E-state index in [4.69, 9.17) is 4.74 Å². The predicted octanol–water partition coefficient (Wildman–Crippen LogP) is 6.68. The van der Waals surface area contributed by atoms with Crippen LogP contribution in [-0.2, 0) is 23.6 Å². The molecule has 3 rings (SSSR count). The Labute approximate surface area is 220 Å². The highest BCUT2D eigenvalue weighted by Crippen LogP contribution is 2.37. The number of nitrogens with one attached hydrogen (secondary N) is 1. The average molecular weight is 564 g/mol. The number of piperidine rings is 1. The molecule has 0 aliphatic carbocycles. The Morgan fingerprint density at radius 1 is 1.05 bits per heavy atom. The van der Waals surface area contributed by atoms with Crippen molar-refractivity contribution in [3.63, 3.8) is 0 Å². The molecular formula is C26H28F7N3O3. The first-order chi connectivity index (χ1) is 18.1. The molecule has 1 N–H and O–H groups in total. The Hall–Kier alpha value is -3.51. The van der Waals surface area contributed by atoms with Gasteiger partial charge in [0.2, 0.25) is 0 Å². The van der Waals surface area contributed by atoms with Gasteiger partial charge in [-0.15, -0.1) is 0 Å². The molecule has 3 amide bonds. The normalized spacial score (nSPS) is 18.1. The van der Waals surface area contributed by atoms with E-state index in [1.807, 2.05) is 0 Å². The first-order valence-electron chi connectivity index (χ1n) is 12.1. The molecule has 0 saturated carbocycles. The topological polar surface area (TPSA) is 61.9 Å². The summed E-state index contributed by atoms with van der Waals surface area (Å²) in [6, 6.07) is 3.49. The SMILES string of the molecule is CCOC(=O)N[C@H]1CCN(C(=O)N(C)Cc2cc(C(F)(F)F)cc(C(F)(F)F)c2)[C@@H](c2ccc(F)cc2C)C1. The van der Waals surface area contributed by atoms with E-state index in [0.717, 1.165) is 4.90 Å². The summed E-state index contributed by atoms with van der Waals surface area (Å²) < 4.78 is 98.4. The van der Waals surface area contributed by atoms with Crippen LogP contribution >= 0.6 is 0 Å². The number of aryl methyl sites for hydroxylation is 1. The van der Waals surface area contributed by atoms with Gasteiger partial charge in [0.15, 0.2) is 0 Å². The van der Waals surface area contributed by atoms with Crippen molar-refractivity contribution in [3.8, 4) is 0 Å². The largest absolute Gasteiger partial charge is 0.450 e. The number of nitrogens with zero attached hydrogens (tertiary/aromatic N) is 2. The summed E-state index contributed by atoms with van der Waals surface area (Å²) >= 11 is 0. The molecule has 1 aliphatic rings. The fraction of sp³-hybridized carbons (Fsp3) is 0.462. The van der Waals surface area contributed by atoms with Crippen molar-refractivity contribution in [3.05, 3.63) is 70.0 Å². The molecule has 0 radical (unpaired) electrons. The van der Waals surface area contributed by atoms with Crippen LogP contribution in [0.1, 0.15) is 53.6 Å². The number of benzene rings is 2. The fourth-order valence-corrected chi connectivity index (χ4v) is 4.64. The van der Waals surface area contributed by atoms with Gasteiger partial charge in [-0.2, -0.15) is 26.3 Å². The summed E-state index contributed by atoms with van der Waals surface area (Å²) in [5, 5.41) is 2.72. The van der Waals surface area contributed by atoms with Crippen molar-refractivity contribution < 1.29 is 45.1 Å². The lowest BCUT2D eigenvalue weighted by molar-refractivity contribution is -0.143. The minimum absolute atomic E-state index is 0.0278. The summed E-state index contributed by atoms with van der Waals surface area (Å²) in [5.41, 5.74) is -2.17. The molecular weight excluding hydrogens is 535 g/mol. The van der Waals surface area contributed by atoms with Gasteiger partial charge in [0.25, 0.3) is 0 Å². The highest BCUT2D eigenvalue weighted by atomic mass is 19.4. The zero-order valence-electron chi connectivity index (χ0n) is 21.4. The zero-order valence-corrected chi connectivity index (χ0v) is 21.4. The maximum absolute atomic E-state index is 13.8. The van der Waals surface area contributed by atoms with E-state index in [9.17, 15) is 40.3 Å². The summed E-state index contributed by atoms with van der Waals surface area (Å²) in [4.78, 5) is 27.9. The lowest BCUT2D eigenvalue weighted by Crippen LogP contribution is -2.51. The minimum Gasteiger partial charge on any atom is -0.450 e. The number of alkyl carbamates (subject to hydrolysis) is 1. The Bertz CT molecular complexity index is 1170. The van der Waals surface area contributed by atoms with Crippen molar-refractivity contribution >= 4 is 12.1 Å². The van der Waals surface area contributed by atoms with Crippen LogP contribution in [0.4, 0.5) is 40.3 Å². The van der Waals surface area contributed by atoms with E-state index in [-0.39, 0.29) is 31.2 Å². The lowest BCUT2D eigenvalue weighted by Gasteiger charge is -2.42. The van der Waals surface area contributed by atoms with Crippen LogP contribution in [0.2, 0.25) is 0 Å². The third-order valence-corrected chi connectivity index (χ3v) is 6.43. The molecule has 0 spiro atoms. The summed E-state index contributed by atoms with van der Waals surface area (Å²) in [5.74, 6) is -0.492. The van der Waals surface area contributed by atoms with E-state index in [1.54, 1.807) is 13.8 Å². The molecule has 0 unspecified atom stereocenters. The smallest absolute Gasteiger partial charge is 0.416 e. The molecule has 1 aliphatic heterocycles. The number of rotatable bonds is 5. The van der Waals surface area contributed by atoms with Gasteiger partial charge in [-0.1, -0.05) is 6.07 Å². The van der Waals surface area contributed by atoms with Crippen molar-refractivity contribution in [2.45, 2.75) is 57.7 Å². The number of carbonyl (C=O) groups excluding carboxylic acids is 2. The van der Waals surface area contributed by atoms with E-state index in [2.05, 4.69) is 5.32 Å². The van der Waals surface area contributed by atoms with Crippen LogP contribution in [0, 0.1) is 12.7 Å². The second-order valence-corrected chi connectivity index (χ2v) is 9.35. The van der Waals surface area contributed by atoms with Crippen LogP contribution < -0.4 is 5.32 Å². The van der Waals surface area contributed by atoms with Crippen molar-refractivity contribution in [2.24, 2.45) is 0 Å². The maximum atomic E-state index is 13.8. The van der Waals surface area contributed by atoms with Crippen LogP contribution in [-0.4, -0.2) is 48.2 Å². The van der Waals surface area contributed by atoms with Gasteiger partial charge < -0.3 is 19.9 Å². The minimum atomic E-state index is -5.02. The molecule has 214 valence electrons. The van der Waals surface area contributed by atoms with Crippen LogP contribution in [0.25, 0.3) is 0 Å². The molecule has 0 aromatic heterocycles. The first kappa shape index (κ1) is 30.0. The molecule has 1 saturated heterocycles. The second kappa shape index (κ2) is 11.7. The Morgan fingerprint density at radius 2 is 1.67 bits per heavy atom. The van der Waals surface area contributed by atoms with Gasteiger partial charge in [-0.05, 0) is 73.7 Å². The fourth-order valence-electron chi connectivity index (χ4n) is 4.64. The number of carbonyl (C=O) groups is 2. The molecule has 1 heterocycles. The number of urea groups is 1. The number of amides is 3. The standard InChI is InChI=1S/C26H28F7N3O3/c1-4-39-23(37)34-20-7-8-36(22(13-20)21-6-5-19(27)9-15(21)2)24(38)35(3)14-16-10-17(25(28,29)30)12-18(11-16)26(31,32)33/h5-6,9-12,20,22H,4,7-8,13-14H2,1-3H3,(H,34,37)/t20-,22+/m0/s1. The second-order valence-electron chi connectivity index (χ2n) is 9.35. The molecule has 2 aromatic rings. The quantitative estimate of drug-likeness (QED) is 0.413. The number of halogens is 7. The van der Waals surface area contributed by atoms with E-state index < -0.39 is 60.0 Å². The van der Waals surface area contributed by atoms with Crippen molar-refractivity contribution in [1.29, 1.82) is 0 Å². The molecule has 2 atom stereocenters. The third-order valence-electron chi connectivity index (χ3n) is 6.43. The molecule has 0 bridgehead atoms. The Balaban J connectivity index is 1.89. The van der Waals surface area contributed by atoms with Crippen molar-refractivity contribution in [2.75, 3.05) is 20.2 Å². The Morgan fingerprint density at radius 3 is 2.21 bits per heavy atom. The summed E-state index contributed by atoms with van der Waals surface area (Å²) in [6.45, 7) is 3.03. The van der Waals surface area contributed by atoms with Crippen LogP contribution in [0.5, 0.6) is 0 Å². The van der Waals surface area contributed by atoms with Gasteiger partial charge >= 0.3 is 24.5 Å². The lowest BCUT2D eigenvalue weighted by atomic mass is 9.89. The highest BCUT2D eigenvalue weighted by molar-refractivity contribution is 5.75. The number of hydrogen-bond acceptors (Lipinski definition) is 3. The van der Waals surface area contributed by atoms with Crippen LogP contribution in [0.3, 0.4) is 0 Å². The molecule has 6 nitrogen and oxygen atoms in total. The predicted molar refractivity (Wildman–Crippen MR) is 127 cm³/mol. The van der Waals surface area contributed by atoms with E-state index in [0.29, 0.717) is 29.7 Å². The average Bonchev–Trinajstić information content (AvgIpc) is 2.82. The van der Waals surface area contributed by atoms with Gasteiger partial charge in [-0.25, -0.2) is 14.0 Å².